The highest BCUT2D eigenvalue weighted by atomic mass is 35.5. The fourth-order valence-corrected chi connectivity index (χ4v) is 1.52. The minimum atomic E-state index is -1.61. The lowest BCUT2D eigenvalue weighted by Crippen LogP contribution is -2.21. The van der Waals surface area contributed by atoms with E-state index in [2.05, 4.69) is 0 Å². The van der Waals surface area contributed by atoms with Gasteiger partial charge in [0.15, 0.2) is 5.78 Å². The molecule has 2 atom stereocenters. The molecule has 0 saturated carbocycles. The second-order valence-corrected chi connectivity index (χ2v) is 3.88. The summed E-state index contributed by atoms with van der Waals surface area (Å²) in [7, 11) is 0. The molecule has 1 aromatic rings. The summed E-state index contributed by atoms with van der Waals surface area (Å²) >= 11 is 5.31. The van der Waals surface area contributed by atoms with Gasteiger partial charge in [0.1, 0.15) is 17.7 Å². The molecule has 6 heteroatoms. The normalized spacial score (nSPS) is 14.5. The third-order valence-corrected chi connectivity index (χ3v) is 2.62. The van der Waals surface area contributed by atoms with Gasteiger partial charge in [-0.15, -0.1) is 11.6 Å². The third kappa shape index (κ3) is 3.00. The van der Waals surface area contributed by atoms with Gasteiger partial charge in [0.2, 0.25) is 0 Å². The third-order valence-electron chi connectivity index (χ3n) is 2.31. The largest absolute Gasteiger partial charge is 0.389 e. The topological polar surface area (TPSA) is 57.5 Å². The Balaban J connectivity index is 3.24. The van der Waals surface area contributed by atoms with Crippen molar-refractivity contribution in [3.63, 3.8) is 0 Å². The molecule has 2 unspecified atom stereocenters. The number of hydrogen-bond donors (Lipinski definition) is 2. The van der Waals surface area contributed by atoms with Crippen LogP contribution in [0.25, 0.3) is 0 Å². The number of aliphatic hydroxyl groups excluding tert-OH is 2. The number of aliphatic hydroxyl groups is 2. The lowest BCUT2D eigenvalue weighted by molar-refractivity contribution is 0.0303. The first-order chi connectivity index (χ1) is 7.88. The number of ketones is 1. The van der Waals surface area contributed by atoms with E-state index in [-0.39, 0.29) is 17.0 Å². The Kier molecular flexibility index (Phi) is 4.56. The summed E-state index contributed by atoms with van der Waals surface area (Å²) in [6, 6.07) is 1.38. The first kappa shape index (κ1) is 14.0. The number of carbonyl (C=O) groups excluding carboxylic acids is 1. The van der Waals surface area contributed by atoms with Gasteiger partial charge in [-0.3, -0.25) is 4.79 Å². The van der Waals surface area contributed by atoms with Crippen LogP contribution in [0.2, 0.25) is 0 Å². The maximum Gasteiger partial charge on any atom is 0.162 e. The van der Waals surface area contributed by atoms with Crippen LogP contribution in [0, 0.1) is 11.6 Å². The average molecular weight is 265 g/mol. The van der Waals surface area contributed by atoms with Gasteiger partial charge in [0.25, 0.3) is 0 Å². The summed E-state index contributed by atoms with van der Waals surface area (Å²) in [5.74, 6) is -2.96. The van der Waals surface area contributed by atoms with E-state index in [9.17, 15) is 23.8 Å². The van der Waals surface area contributed by atoms with Crippen molar-refractivity contribution in [3.05, 3.63) is 34.9 Å². The predicted molar refractivity (Wildman–Crippen MR) is 58.0 cm³/mol. The van der Waals surface area contributed by atoms with Crippen LogP contribution >= 0.6 is 11.6 Å². The molecule has 0 aliphatic heterocycles. The Labute approximate surface area is 102 Å². The Bertz CT molecular complexity index is 437. The number of carbonyl (C=O) groups is 1. The van der Waals surface area contributed by atoms with E-state index in [1.807, 2.05) is 0 Å². The minimum Gasteiger partial charge on any atom is -0.389 e. The fraction of sp³-hybridized carbons (Fsp3) is 0.364. The highest BCUT2D eigenvalue weighted by Gasteiger charge is 2.23. The van der Waals surface area contributed by atoms with Crippen molar-refractivity contribution < 1.29 is 23.8 Å². The van der Waals surface area contributed by atoms with Crippen LogP contribution in [0.4, 0.5) is 8.78 Å². The number of alkyl halides is 1. The number of rotatable bonds is 4. The van der Waals surface area contributed by atoms with E-state index < -0.39 is 29.6 Å². The number of Topliss-reactive ketones (excluding diaryl/α,β-unsaturated/α-hetero) is 1. The summed E-state index contributed by atoms with van der Waals surface area (Å²) < 4.78 is 26.6. The van der Waals surface area contributed by atoms with Crippen LogP contribution in [-0.2, 0) is 0 Å². The van der Waals surface area contributed by atoms with E-state index >= 15 is 0 Å². The van der Waals surface area contributed by atoms with Gasteiger partial charge in [0.05, 0.1) is 17.5 Å². The van der Waals surface area contributed by atoms with Crippen LogP contribution in [0.5, 0.6) is 0 Å². The number of halogens is 3. The monoisotopic (exact) mass is 264 g/mol. The molecular formula is C11H11ClF2O3. The molecule has 0 radical (unpaired) electrons. The number of benzene rings is 1. The van der Waals surface area contributed by atoms with Crippen LogP contribution in [0.3, 0.4) is 0 Å². The van der Waals surface area contributed by atoms with Gasteiger partial charge in [-0.05, 0) is 13.0 Å². The van der Waals surface area contributed by atoms with Crippen LogP contribution in [0.1, 0.15) is 28.9 Å². The number of hydrogen-bond acceptors (Lipinski definition) is 3. The van der Waals surface area contributed by atoms with Crippen molar-refractivity contribution in [2.24, 2.45) is 0 Å². The second-order valence-electron chi connectivity index (χ2n) is 3.58. The summed E-state index contributed by atoms with van der Waals surface area (Å²) in [6.45, 7) is 1.12. The SMILES string of the molecule is CC(=O)c1cc(C(O)C(O)CCl)c(F)cc1F. The molecule has 3 nitrogen and oxygen atoms in total. The Morgan fingerprint density at radius 1 is 1.35 bits per heavy atom. The molecule has 0 aromatic heterocycles. The zero-order chi connectivity index (χ0) is 13.2. The lowest BCUT2D eigenvalue weighted by Gasteiger charge is -2.17. The molecule has 1 aromatic carbocycles. The molecule has 0 heterocycles. The molecule has 2 N–H and O–H groups in total. The summed E-state index contributed by atoms with van der Waals surface area (Å²) in [5, 5.41) is 18.8. The standard InChI is InChI=1S/C11H11ClF2O3/c1-5(15)6-2-7(9(14)3-8(6)13)11(17)10(16)4-12/h2-3,10-11,16-17H,4H2,1H3. The van der Waals surface area contributed by atoms with Crippen LogP contribution in [0.15, 0.2) is 12.1 Å². The van der Waals surface area contributed by atoms with Gasteiger partial charge in [-0.25, -0.2) is 8.78 Å². The molecule has 0 aliphatic carbocycles. The summed E-state index contributed by atoms with van der Waals surface area (Å²) in [6.07, 6.45) is -3.00. The average Bonchev–Trinajstić information content (AvgIpc) is 2.26. The van der Waals surface area contributed by atoms with Crippen molar-refractivity contribution in [2.45, 2.75) is 19.1 Å². The van der Waals surface area contributed by atoms with Gasteiger partial charge < -0.3 is 10.2 Å². The highest BCUT2D eigenvalue weighted by Crippen LogP contribution is 2.24. The molecule has 0 bridgehead atoms. The quantitative estimate of drug-likeness (QED) is 0.644. The van der Waals surface area contributed by atoms with Crippen molar-refractivity contribution >= 4 is 17.4 Å². The van der Waals surface area contributed by atoms with Crippen molar-refractivity contribution in [1.82, 2.24) is 0 Å². The van der Waals surface area contributed by atoms with Gasteiger partial charge >= 0.3 is 0 Å². The van der Waals surface area contributed by atoms with Crippen molar-refractivity contribution in [3.8, 4) is 0 Å². The Morgan fingerprint density at radius 3 is 2.41 bits per heavy atom. The van der Waals surface area contributed by atoms with Crippen LogP contribution in [-0.4, -0.2) is 28.0 Å². The molecule has 94 valence electrons. The van der Waals surface area contributed by atoms with Gasteiger partial charge in [-0.2, -0.15) is 0 Å². The summed E-state index contributed by atoms with van der Waals surface area (Å²) in [5.41, 5.74) is -0.702. The lowest BCUT2D eigenvalue weighted by atomic mass is 10.00. The maximum absolute atomic E-state index is 13.4. The fourth-order valence-electron chi connectivity index (χ4n) is 1.35. The molecule has 0 saturated heterocycles. The maximum atomic E-state index is 13.4. The molecule has 0 spiro atoms. The highest BCUT2D eigenvalue weighted by molar-refractivity contribution is 6.18. The van der Waals surface area contributed by atoms with E-state index in [1.54, 1.807) is 0 Å². The smallest absolute Gasteiger partial charge is 0.162 e. The van der Waals surface area contributed by atoms with E-state index in [1.165, 1.54) is 0 Å². The molecular weight excluding hydrogens is 254 g/mol. The van der Waals surface area contributed by atoms with Crippen molar-refractivity contribution in [1.29, 1.82) is 0 Å². The van der Waals surface area contributed by atoms with Gasteiger partial charge in [-0.1, -0.05) is 0 Å². The zero-order valence-electron chi connectivity index (χ0n) is 8.95. The van der Waals surface area contributed by atoms with E-state index in [0.29, 0.717) is 6.07 Å². The van der Waals surface area contributed by atoms with Gasteiger partial charge in [0, 0.05) is 11.6 Å². The molecule has 0 fully saturated rings. The molecule has 0 amide bonds. The van der Waals surface area contributed by atoms with E-state index in [0.717, 1.165) is 13.0 Å². The first-order valence-electron chi connectivity index (χ1n) is 4.80. The van der Waals surface area contributed by atoms with Crippen molar-refractivity contribution in [2.75, 3.05) is 5.88 Å². The molecule has 17 heavy (non-hydrogen) atoms. The second kappa shape index (κ2) is 5.53. The van der Waals surface area contributed by atoms with E-state index in [4.69, 9.17) is 11.6 Å². The van der Waals surface area contributed by atoms with Crippen LogP contribution < -0.4 is 0 Å². The first-order valence-corrected chi connectivity index (χ1v) is 5.34. The molecule has 0 aliphatic rings. The predicted octanol–water partition coefficient (Wildman–Crippen LogP) is 1.80. The Hall–Kier alpha value is -1.04. The minimum absolute atomic E-state index is 0.312. The zero-order valence-corrected chi connectivity index (χ0v) is 9.71. The summed E-state index contributed by atoms with van der Waals surface area (Å²) in [4.78, 5) is 11.1. The molecule has 1 rings (SSSR count). The Morgan fingerprint density at radius 2 is 1.94 bits per heavy atom.